The molecule has 2 nitrogen and oxygen atoms in total. The lowest BCUT2D eigenvalue weighted by Crippen LogP contribution is -2.27. The maximum absolute atomic E-state index is 9.97. The van der Waals surface area contributed by atoms with E-state index in [1.165, 1.54) is 11.1 Å². The number of aliphatic hydroxyl groups excluding tert-OH is 2. The fraction of sp³-hybridized carbons (Fsp3) is 0.647. The zero-order chi connectivity index (χ0) is 14.4. The summed E-state index contributed by atoms with van der Waals surface area (Å²) in [5.74, 6) is 0.809. The van der Waals surface area contributed by atoms with Crippen LogP contribution in [0.3, 0.4) is 0 Å². The third kappa shape index (κ3) is 4.96. The first-order valence-electron chi connectivity index (χ1n) is 7.41. The van der Waals surface area contributed by atoms with Gasteiger partial charge in [-0.2, -0.15) is 0 Å². The van der Waals surface area contributed by atoms with Crippen molar-refractivity contribution in [3.05, 3.63) is 35.4 Å². The Balaban J connectivity index is 2.60. The Morgan fingerprint density at radius 3 is 1.89 bits per heavy atom. The van der Waals surface area contributed by atoms with Crippen molar-refractivity contribution in [3.8, 4) is 0 Å². The van der Waals surface area contributed by atoms with E-state index in [2.05, 4.69) is 45.0 Å². The minimum Gasteiger partial charge on any atom is -0.390 e. The van der Waals surface area contributed by atoms with Crippen LogP contribution in [0.2, 0.25) is 0 Å². The van der Waals surface area contributed by atoms with Gasteiger partial charge in [-0.1, -0.05) is 58.4 Å². The number of aliphatic hydroxyl groups is 2. The predicted molar refractivity (Wildman–Crippen MR) is 80.5 cm³/mol. The van der Waals surface area contributed by atoms with E-state index in [0.717, 1.165) is 6.42 Å². The van der Waals surface area contributed by atoms with Crippen molar-refractivity contribution < 1.29 is 10.2 Å². The Labute approximate surface area is 117 Å². The van der Waals surface area contributed by atoms with Gasteiger partial charge in [0.15, 0.2) is 0 Å². The van der Waals surface area contributed by atoms with Gasteiger partial charge in [0.2, 0.25) is 0 Å². The van der Waals surface area contributed by atoms with E-state index >= 15 is 0 Å². The summed E-state index contributed by atoms with van der Waals surface area (Å²) in [5, 5.41) is 19.8. The van der Waals surface area contributed by atoms with E-state index in [-0.39, 0.29) is 5.92 Å². The van der Waals surface area contributed by atoms with Crippen LogP contribution in [-0.4, -0.2) is 22.4 Å². The Morgan fingerprint density at radius 2 is 1.42 bits per heavy atom. The lowest BCUT2D eigenvalue weighted by Gasteiger charge is -2.21. The van der Waals surface area contributed by atoms with E-state index in [9.17, 15) is 10.2 Å². The zero-order valence-electron chi connectivity index (χ0n) is 12.6. The monoisotopic (exact) mass is 264 g/mol. The van der Waals surface area contributed by atoms with Crippen LogP contribution >= 0.6 is 0 Å². The second-order valence-corrected chi connectivity index (χ2v) is 5.88. The van der Waals surface area contributed by atoms with Gasteiger partial charge in [0.1, 0.15) is 0 Å². The fourth-order valence-electron chi connectivity index (χ4n) is 2.35. The van der Waals surface area contributed by atoms with Crippen molar-refractivity contribution in [2.24, 2.45) is 0 Å². The molecule has 0 saturated carbocycles. The summed E-state index contributed by atoms with van der Waals surface area (Å²) in [7, 11) is 0. The molecule has 0 saturated heterocycles. The molecule has 1 rings (SSSR count). The van der Waals surface area contributed by atoms with Crippen molar-refractivity contribution in [1.29, 1.82) is 0 Å². The van der Waals surface area contributed by atoms with E-state index in [4.69, 9.17) is 0 Å². The van der Waals surface area contributed by atoms with Crippen molar-refractivity contribution in [1.82, 2.24) is 0 Å². The van der Waals surface area contributed by atoms with E-state index in [1.54, 1.807) is 0 Å². The first-order valence-corrected chi connectivity index (χ1v) is 7.41. The molecule has 3 unspecified atom stereocenters. The molecule has 0 radical (unpaired) electrons. The quantitative estimate of drug-likeness (QED) is 0.786. The highest BCUT2D eigenvalue weighted by atomic mass is 16.3. The Morgan fingerprint density at radius 1 is 0.895 bits per heavy atom. The van der Waals surface area contributed by atoms with Gasteiger partial charge >= 0.3 is 0 Å². The molecule has 108 valence electrons. The van der Waals surface area contributed by atoms with Crippen molar-refractivity contribution >= 4 is 0 Å². The van der Waals surface area contributed by atoms with Crippen LogP contribution in [0.1, 0.15) is 69.9 Å². The lowest BCUT2D eigenvalue weighted by molar-refractivity contribution is 0.00638. The summed E-state index contributed by atoms with van der Waals surface area (Å²) in [4.78, 5) is 0. The van der Waals surface area contributed by atoms with E-state index < -0.39 is 12.2 Å². The van der Waals surface area contributed by atoms with Crippen LogP contribution in [0.4, 0.5) is 0 Å². The lowest BCUT2D eigenvalue weighted by atomic mass is 9.90. The molecule has 0 bridgehead atoms. The molecule has 0 fully saturated rings. The van der Waals surface area contributed by atoms with Gasteiger partial charge in [-0.25, -0.2) is 0 Å². The van der Waals surface area contributed by atoms with Crippen LogP contribution < -0.4 is 0 Å². The molecular weight excluding hydrogens is 236 g/mol. The maximum atomic E-state index is 9.97. The molecule has 0 spiro atoms. The summed E-state index contributed by atoms with van der Waals surface area (Å²) in [5.41, 5.74) is 2.56. The zero-order valence-corrected chi connectivity index (χ0v) is 12.6. The predicted octanol–water partition coefficient (Wildman–Crippen LogP) is 3.83. The molecule has 0 aliphatic rings. The molecule has 0 amide bonds. The summed E-state index contributed by atoms with van der Waals surface area (Å²) in [6.07, 6.45) is 0.958. The second-order valence-electron chi connectivity index (χ2n) is 5.88. The molecule has 0 heterocycles. The minimum absolute atomic E-state index is 0.266. The van der Waals surface area contributed by atoms with Crippen LogP contribution in [0.15, 0.2) is 24.3 Å². The largest absolute Gasteiger partial charge is 0.390 e. The average Bonchev–Trinajstić information content (AvgIpc) is 2.38. The molecule has 2 N–H and O–H groups in total. The smallest absolute Gasteiger partial charge is 0.0804 e. The number of hydrogen-bond donors (Lipinski definition) is 2. The Bertz CT molecular complexity index is 356. The molecule has 19 heavy (non-hydrogen) atoms. The molecular formula is C17H28O2. The van der Waals surface area contributed by atoms with Crippen molar-refractivity contribution in [2.45, 2.75) is 71.0 Å². The van der Waals surface area contributed by atoms with Gasteiger partial charge in [0.25, 0.3) is 0 Å². The summed E-state index contributed by atoms with van der Waals surface area (Å²) in [6.45, 7) is 8.49. The molecule has 1 aromatic carbocycles. The highest BCUT2D eigenvalue weighted by Gasteiger charge is 2.19. The molecule has 2 heteroatoms. The number of benzene rings is 1. The Kier molecular flexibility index (Phi) is 6.53. The van der Waals surface area contributed by atoms with Gasteiger partial charge in [0.05, 0.1) is 12.2 Å². The molecule has 0 aliphatic heterocycles. The highest BCUT2D eigenvalue weighted by Crippen LogP contribution is 2.24. The first-order chi connectivity index (χ1) is 8.95. The summed E-state index contributed by atoms with van der Waals surface area (Å²) in [6, 6.07) is 8.59. The number of hydrogen-bond acceptors (Lipinski definition) is 2. The Hall–Kier alpha value is -0.860. The summed E-state index contributed by atoms with van der Waals surface area (Å²) < 4.78 is 0. The third-order valence-electron chi connectivity index (χ3n) is 3.80. The maximum Gasteiger partial charge on any atom is 0.0804 e. The second kappa shape index (κ2) is 7.66. The van der Waals surface area contributed by atoms with Gasteiger partial charge in [-0.15, -0.1) is 0 Å². The van der Waals surface area contributed by atoms with E-state index in [1.807, 2.05) is 6.92 Å². The van der Waals surface area contributed by atoms with Crippen molar-refractivity contribution in [2.75, 3.05) is 0 Å². The van der Waals surface area contributed by atoms with Crippen molar-refractivity contribution in [3.63, 3.8) is 0 Å². The summed E-state index contributed by atoms with van der Waals surface area (Å²) >= 11 is 0. The molecule has 0 aliphatic carbocycles. The van der Waals surface area contributed by atoms with Crippen LogP contribution in [0, 0.1) is 0 Å². The fourth-order valence-corrected chi connectivity index (χ4v) is 2.35. The third-order valence-corrected chi connectivity index (χ3v) is 3.80. The van der Waals surface area contributed by atoms with Crippen LogP contribution in [-0.2, 0) is 0 Å². The normalized spacial score (nSPS) is 16.4. The van der Waals surface area contributed by atoms with Gasteiger partial charge < -0.3 is 10.2 Å². The molecule has 0 aromatic heterocycles. The van der Waals surface area contributed by atoms with E-state index in [0.29, 0.717) is 18.8 Å². The van der Waals surface area contributed by atoms with Gasteiger partial charge in [-0.05, 0) is 35.8 Å². The standard InChI is InChI=1S/C17H28O2/c1-5-6-16(18)17(19)11-13(4)15-9-7-14(8-10-15)12(2)3/h7-10,12-13,16-19H,5-6,11H2,1-4H3. The molecule has 3 atom stereocenters. The van der Waals surface area contributed by atoms with Gasteiger partial charge in [0, 0.05) is 0 Å². The van der Waals surface area contributed by atoms with Gasteiger partial charge in [-0.3, -0.25) is 0 Å². The number of rotatable bonds is 7. The van der Waals surface area contributed by atoms with Crippen LogP contribution in [0.5, 0.6) is 0 Å². The van der Waals surface area contributed by atoms with Crippen LogP contribution in [0.25, 0.3) is 0 Å². The first kappa shape index (κ1) is 16.2. The average molecular weight is 264 g/mol. The highest BCUT2D eigenvalue weighted by molar-refractivity contribution is 5.26. The SMILES string of the molecule is CCCC(O)C(O)CC(C)c1ccc(C(C)C)cc1. The molecule has 1 aromatic rings. The minimum atomic E-state index is -0.625. The topological polar surface area (TPSA) is 40.5 Å².